The van der Waals surface area contributed by atoms with Gasteiger partial charge in [-0.05, 0) is 6.08 Å². The Labute approximate surface area is 187 Å². The highest BCUT2D eigenvalue weighted by Gasteiger charge is 2.39. The van der Waals surface area contributed by atoms with Crippen LogP contribution in [-0.2, 0) is 19.1 Å². The summed E-state index contributed by atoms with van der Waals surface area (Å²) in [7, 11) is -0.191. The molecule has 1 heterocycles. The molecule has 0 N–H and O–H groups in total. The molecule has 0 saturated carbocycles. The van der Waals surface area contributed by atoms with Gasteiger partial charge in [0, 0.05) is 16.2 Å². The van der Waals surface area contributed by atoms with E-state index in [0.717, 1.165) is 16.2 Å². The third-order valence-corrected chi connectivity index (χ3v) is 8.84. The maximum absolute atomic E-state index is 13.1. The number of hydrogen-bond donors (Lipinski definition) is 0. The zero-order valence-corrected chi connectivity index (χ0v) is 18.7. The zero-order valence-electron chi connectivity index (χ0n) is 17.8. The third-order valence-electron chi connectivity index (χ3n) is 5.24. The largest absolute Gasteiger partial charge is 0.465 e. The third kappa shape index (κ3) is 3.72. The van der Waals surface area contributed by atoms with E-state index >= 15 is 0 Å². The fourth-order valence-electron chi connectivity index (χ4n) is 3.76. The average molecular weight is 443 g/mol. The van der Waals surface area contributed by atoms with E-state index in [1.54, 1.807) is 6.08 Å². The molecule has 0 atom stereocenters. The van der Waals surface area contributed by atoms with Gasteiger partial charge in [0.15, 0.2) is 0 Å². The zero-order chi connectivity index (χ0) is 22.6. The van der Waals surface area contributed by atoms with Crippen LogP contribution in [0.1, 0.15) is 5.56 Å². The number of methoxy groups -OCH3 is 2. The second kappa shape index (κ2) is 9.21. The van der Waals surface area contributed by atoms with Crippen molar-refractivity contribution in [3.05, 3.63) is 114 Å². The first-order valence-electron chi connectivity index (χ1n) is 10.0. The molecule has 3 aromatic rings. The van der Waals surface area contributed by atoms with E-state index in [9.17, 15) is 9.59 Å². The summed E-state index contributed by atoms with van der Waals surface area (Å²) in [5, 5.41) is 2.12. The highest BCUT2D eigenvalue weighted by molar-refractivity contribution is 7.85. The smallest absolute Gasteiger partial charge is 0.340 e. The minimum atomic E-state index is -2.84. The summed E-state index contributed by atoms with van der Waals surface area (Å²) in [5.74, 6) is -1.09. The second-order valence-electron chi connectivity index (χ2n) is 7.05. The summed E-state index contributed by atoms with van der Waals surface area (Å²) < 4.78 is 15.5. The topological polar surface area (TPSA) is 65.0 Å². The van der Waals surface area contributed by atoms with E-state index in [1.165, 1.54) is 14.2 Å². The molecule has 1 aliphatic heterocycles. The standard InChI is InChI=1S/C26H22NO4P/c1-30-25(28)22-18-23(26(29)31-2)32(20-14-8-4-9-15-20,21-16-10-5-11-17-21)27-24(22)19-12-6-3-7-13-19/h3-18H,1-2H3. The molecule has 0 aliphatic carbocycles. The Morgan fingerprint density at radius 2 is 1.16 bits per heavy atom. The van der Waals surface area contributed by atoms with E-state index in [0.29, 0.717) is 11.0 Å². The summed E-state index contributed by atoms with van der Waals surface area (Å²) in [4.78, 5) is 25.9. The summed E-state index contributed by atoms with van der Waals surface area (Å²) >= 11 is 0. The average Bonchev–Trinajstić information content (AvgIpc) is 2.88. The van der Waals surface area contributed by atoms with E-state index in [4.69, 9.17) is 14.2 Å². The van der Waals surface area contributed by atoms with Crippen LogP contribution < -0.4 is 10.6 Å². The molecule has 0 fully saturated rings. The number of nitrogens with zero attached hydrogens (tertiary/aromatic N) is 1. The number of rotatable bonds is 5. The van der Waals surface area contributed by atoms with Gasteiger partial charge in [-0.1, -0.05) is 91.0 Å². The molecule has 0 amide bonds. The molecular weight excluding hydrogens is 421 g/mol. The Morgan fingerprint density at radius 1 is 0.688 bits per heavy atom. The van der Waals surface area contributed by atoms with Gasteiger partial charge in [-0.15, -0.1) is 0 Å². The van der Waals surface area contributed by atoms with Gasteiger partial charge >= 0.3 is 11.9 Å². The second-order valence-corrected chi connectivity index (χ2v) is 10.0. The van der Waals surface area contributed by atoms with Crippen molar-refractivity contribution in [3.63, 3.8) is 0 Å². The van der Waals surface area contributed by atoms with Crippen molar-refractivity contribution in [2.75, 3.05) is 14.2 Å². The van der Waals surface area contributed by atoms with Crippen LogP contribution in [0.25, 0.3) is 5.70 Å². The van der Waals surface area contributed by atoms with Gasteiger partial charge in [0.05, 0.1) is 37.9 Å². The summed E-state index contributed by atoms with van der Waals surface area (Å²) in [6.07, 6.45) is 1.60. The summed E-state index contributed by atoms with van der Waals surface area (Å²) in [5.41, 5.74) is 1.48. The predicted octanol–water partition coefficient (Wildman–Crippen LogP) is 4.49. The van der Waals surface area contributed by atoms with Crippen LogP contribution in [0, 0.1) is 0 Å². The molecule has 0 radical (unpaired) electrons. The predicted molar refractivity (Wildman–Crippen MR) is 127 cm³/mol. The summed E-state index contributed by atoms with van der Waals surface area (Å²) in [6, 6.07) is 28.9. The lowest BCUT2D eigenvalue weighted by Crippen LogP contribution is -2.25. The lowest BCUT2D eigenvalue weighted by Gasteiger charge is -2.31. The normalized spacial score (nSPS) is 14.8. The monoisotopic (exact) mass is 443 g/mol. The number of hydrogen-bond acceptors (Lipinski definition) is 5. The highest BCUT2D eigenvalue weighted by atomic mass is 31.2. The van der Waals surface area contributed by atoms with E-state index < -0.39 is 19.0 Å². The maximum atomic E-state index is 13.1. The molecule has 6 heteroatoms. The number of esters is 2. The van der Waals surface area contributed by atoms with Crippen molar-refractivity contribution >= 4 is 35.3 Å². The van der Waals surface area contributed by atoms with Crippen molar-refractivity contribution in [2.45, 2.75) is 0 Å². The van der Waals surface area contributed by atoms with E-state index in [1.807, 2.05) is 91.0 Å². The first-order chi connectivity index (χ1) is 15.6. The molecule has 5 nitrogen and oxygen atoms in total. The molecule has 0 unspecified atom stereocenters. The van der Waals surface area contributed by atoms with Crippen molar-refractivity contribution < 1.29 is 19.1 Å². The molecule has 0 bridgehead atoms. The molecule has 0 spiro atoms. The van der Waals surface area contributed by atoms with Crippen molar-refractivity contribution in [2.24, 2.45) is 4.74 Å². The van der Waals surface area contributed by atoms with E-state index in [2.05, 4.69) is 0 Å². The number of ether oxygens (including phenoxy) is 2. The molecule has 0 saturated heterocycles. The van der Waals surface area contributed by atoms with Crippen LogP contribution in [0.4, 0.5) is 0 Å². The first-order valence-corrected chi connectivity index (χ1v) is 11.8. The van der Waals surface area contributed by atoms with Crippen LogP contribution in [0.2, 0.25) is 0 Å². The fourth-order valence-corrected chi connectivity index (χ4v) is 7.35. The van der Waals surface area contributed by atoms with Gasteiger partial charge in [-0.3, -0.25) is 4.74 Å². The lowest BCUT2D eigenvalue weighted by molar-refractivity contribution is -0.135. The molecule has 160 valence electrons. The van der Waals surface area contributed by atoms with Gasteiger partial charge in [0.1, 0.15) is 0 Å². The van der Waals surface area contributed by atoms with Crippen LogP contribution in [0.5, 0.6) is 0 Å². The van der Waals surface area contributed by atoms with Crippen LogP contribution in [0.15, 0.2) is 113 Å². The number of carbonyl (C=O) groups excluding carboxylic acids is 2. The Balaban J connectivity index is 2.19. The van der Waals surface area contributed by atoms with Crippen LogP contribution in [-0.4, -0.2) is 26.2 Å². The Kier molecular flexibility index (Phi) is 6.20. The van der Waals surface area contributed by atoms with Gasteiger partial charge in [-0.2, -0.15) is 0 Å². The first kappa shape index (κ1) is 21.5. The van der Waals surface area contributed by atoms with Crippen molar-refractivity contribution in [1.29, 1.82) is 0 Å². The SMILES string of the molecule is COC(=O)C1=CC(C(=O)OC)=C(c2ccccc2)N=P1(c1ccccc1)c1ccccc1. The molecule has 4 rings (SSSR count). The molecule has 1 aliphatic rings. The van der Waals surface area contributed by atoms with Crippen LogP contribution in [0.3, 0.4) is 0 Å². The molecule has 3 aromatic carbocycles. The minimum Gasteiger partial charge on any atom is -0.465 e. The maximum Gasteiger partial charge on any atom is 0.340 e. The van der Waals surface area contributed by atoms with Gasteiger partial charge in [0.2, 0.25) is 0 Å². The van der Waals surface area contributed by atoms with Gasteiger partial charge < -0.3 is 9.47 Å². The highest BCUT2D eigenvalue weighted by Crippen LogP contribution is 2.60. The van der Waals surface area contributed by atoms with Gasteiger partial charge in [0.25, 0.3) is 0 Å². The quantitative estimate of drug-likeness (QED) is 0.431. The summed E-state index contributed by atoms with van der Waals surface area (Å²) in [6.45, 7) is 0. The Hall–Kier alpha value is -3.69. The fraction of sp³-hybridized carbons (Fsp3) is 0.0769. The molecular formula is C26H22NO4P. The van der Waals surface area contributed by atoms with Crippen LogP contribution >= 0.6 is 7.05 Å². The Bertz CT molecular complexity index is 1220. The molecule has 0 aromatic heterocycles. The Morgan fingerprint density at radius 3 is 1.62 bits per heavy atom. The number of benzene rings is 3. The number of carbonyl (C=O) groups is 2. The molecule has 32 heavy (non-hydrogen) atoms. The van der Waals surface area contributed by atoms with Gasteiger partial charge in [-0.25, -0.2) is 9.59 Å². The van der Waals surface area contributed by atoms with E-state index in [-0.39, 0.29) is 5.57 Å². The minimum absolute atomic E-state index is 0.224. The van der Waals surface area contributed by atoms with Crippen molar-refractivity contribution in [3.8, 4) is 0 Å². The van der Waals surface area contributed by atoms with Crippen molar-refractivity contribution in [1.82, 2.24) is 0 Å². The lowest BCUT2D eigenvalue weighted by atomic mass is 10.1.